The van der Waals surface area contributed by atoms with Crippen LogP contribution >= 0.6 is 0 Å². The molecule has 0 radical (unpaired) electrons. The van der Waals surface area contributed by atoms with Crippen molar-refractivity contribution in [2.45, 2.75) is 44.4 Å². The zero-order valence-electron chi connectivity index (χ0n) is 11.5. The van der Waals surface area contributed by atoms with E-state index in [0.29, 0.717) is 0 Å². The minimum atomic E-state index is -0.199. The smallest absolute Gasteiger partial charge is 0.122 e. The molecule has 0 aliphatic heterocycles. The van der Waals surface area contributed by atoms with Crippen molar-refractivity contribution in [3.63, 3.8) is 0 Å². The van der Waals surface area contributed by atoms with Crippen LogP contribution < -0.4 is 5.73 Å². The molecule has 1 aromatic rings. The maximum absolute atomic E-state index is 10.0. The SMILES string of the molecule is CN(Cc1ccc(C(=N)N)cc1)C1CCCCC1O. The van der Waals surface area contributed by atoms with Crippen LogP contribution in [0.4, 0.5) is 0 Å². The standard InChI is InChI=1S/C15H23N3O/c1-18(13-4-2-3-5-14(13)19)10-11-6-8-12(9-7-11)15(16)17/h6-9,13-14,19H,2-5,10H2,1H3,(H3,16,17). The number of nitrogens with one attached hydrogen (secondary N) is 1. The van der Waals surface area contributed by atoms with Gasteiger partial charge in [-0.05, 0) is 25.5 Å². The molecule has 1 saturated carbocycles. The van der Waals surface area contributed by atoms with Gasteiger partial charge in [-0.25, -0.2) is 0 Å². The Kier molecular flexibility index (Phi) is 4.56. The number of rotatable bonds is 4. The maximum atomic E-state index is 10.0. The Hall–Kier alpha value is -1.39. The predicted octanol–water partition coefficient (Wildman–Crippen LogP) is 1.71. The molecule has 1 aromatic carbocycles. The maximum Gasteiger partial charge on any atom is 0.122 e. The molecule has 1 fully saturated rings. The van der Waals surface area contributed by atoms with Gasteiger partial charge in [-0.3, -0.25) is 10.3 Å². The molecule has 104 valence electrons. The Bertz CT molecular complexity index is 430. The second kappa shape index (κ2) is 6.17. The number of aliphatic hydroxyl groups is 1. The summed E-state index contributed by atoms with van der Waals surface area (Å²) in [6.45, 7) is 0.819. The summed E-state index contributed by atoms with van der Waals surface area (Å²) in [6, 6.07) is 8.03. The molecule has 1 aliphatic rings. The normalized spacial score (nSPS) is 23.5. The quantitative estimate of drug-likeness (QED) is 0.570. The highest BCUT2D eigenvalue weighted by molar-refractivity contribution is 5.94. The molecular formula is C15H23N3O. The molecule has 0 heterocycles. The van der Waals surface area contributed by atoms with Crippen LogP contribution in [0.2, 0.25) is 0 Å². The number of nitrogen functional groups attached to an aromatic ring is 1. The molecule has 2 atom stereocenters. The molecule has 4 nitrogen and oxygen atoms in total. The lowest BCUT2D eigenvalue weighted by molar-refractivity contribution is 0.0288. The number of nitrogens with zero attached hydrogens (tertiary/aromatic N) is 1. The summed E-state index contributed by atoms with van der Waals surface area (Å²) in [5, 5.41) is 17.4. The first kappa shape index (κ1) is 14.0. The van der Waals surface area contributed by atoms with Crippen molar-refractivity contribution in [1.29, 1.82) is 5.41 Å². The van der Waals surface area contributed by atoms with Gasteiger partial charge in [0.2, 0.25) is 0 Å². The summed E-state index contributed by atoms with van der Waals surface area (Å²) in [5.41, 5.74) is 7.38. The van der Waals surface area contributed by atoms with Crippen molar-refractivity contribution in [2.75, 3.05) is 7.05 Å². The summed E-state index contributed by atoms with van der Waals surface area (Å²) in [7, 11) is 2.07. The lowest BCUT2D eigenvalue weighted by Gasteiger charge is -2.35. The lowest BCUT2D eigenvalue weighted by Crippen LogP contribution is -2.42. The highest BCUT2D eigenvalue weighted by Crippen LogP contribution is 2.23. The van der Waals surface area contributed by atoms with E-state index in [9.17, 15) is 5.11 Å². The number of aliphatic hydroxyl groups excluding tert-OH is 1. The highest BCUT2D eigenvalue weighted by Gasteiger charge is 2.26. The first-order valence-electron chi connectivity index (χ1n) is 6.89. The third kappa shape index (κ3) is 3.55. The third-order valence-corrected chi connectivity index (χ3v) is 3.96. The first-order valence-corrected chi connectivity index (χ1v) is 6.89. The van der Waals surface area contributed by atoms with Gasteiger partial charge >= 0.3 is 0 Å². The molecular weight excluding hydrogens is 238 g/mol. The third-order valence-electron chi connectivity index (χ3n) is 3.96. The highest BCUT2D eigenvalue weighted by atomic mass is 16.3. The van der Waals surface area contributed by atoms with Crippen molar-refractivity contribution in [3.8, 4) is 0 Å². The first-order chi connectivity index (χ1) is 9.08. The van der Waals surface area contributed by atoms with Gasteiger partial charge in [0.25, 0.3) is 0 Å². The Morgan fingerprint density at radius 2 is 1.95 bits per heavy atom. The Labute approximate surface area is 114 Å². The second-order valence-corrected chi connectivity index (χ2v) is 5.44. The van der Waals surface area contributed by atoms with Gasteiger partial charge in [-0.1, -0.05) is 37.1 Å². The van der Waals surface area contributed by atoms with Gasteiger partial charge < -0.3 is 10.8 Å². The van der Waals surface area contributed by atoms with E-state index >= 15 is 0 Å². The topological polar surface area (TPSA) is 73.3 Å². The van der Waals surface area contributed by atoms with Crippen molar-refractivity contribution in [1.82, 2.24) is 4.90 Å². The molecule has 0 aromatic heterocycles. The number of likely N-dealkylation sites (N-methyl/N-ethyl adjacent to an activating group) is 1. The molecule has 0 spiro atoms. The van der Waals surface area contributed by atoms with Crippen molar-refractivity contribution in [2.24, 2.45) is 5.73 Å². The van der Waals surface area contributed by atoms with Crippen molar-refractivity contribution < 1.29 is 5.11 Å². The van der Waals surface area contributed by atoms with Gasteiger partial charge in [0, 0.05) is 18.2 Å². The average molecular weight is 261 g/mol. The van der Waals surface area contributed by atoms with E-state index in [2.05, 4.69) is 11.9 Å². The average Bonchev–Trinajstić information content (AvgIpc) is 2.39. The summed E-state index contributed by atoms with van der Waals surface area (Å²) >= 11 is 0. The van der Waals surface area contributed by atoms with Crippen LogP contribution in [0.15, 0.2) is 24.3 Å². The van der Waals surface area contributed by atoms with Crippen LogP contribution in [0.25, 0.3) is 0 Å². The van der Waals surface area contributed by atoms with Gasteiger partial charge in [-0.2, -0.15) is 0 Å². The van der Waals surface area contributed by atoms with Crippen LogP contribution in [0.1, 0.15) is 36.8 Å². The van der Waals surface area contributed by atoms with E-state index in [-0.39, 0.29) is 18.0 Å². The minimum Gasteiger partial charge on any atom is -0.391 e. The Morgan fingerprint density at radius 3 is 2.53 bits per heavy atom. The molecule has 19 heavy (non-hydrogen) atoms. The van der Waals surface area contributed by atoms with Gasteiger partial charge in [0.1, 0.15) is 5.84 Å². The number of benzene rings is 1. The summed E-state index contributed by atoms with van der Waals surface area (Å²) < 4.78 is 0. The zero-order chi connectivity index (χ0) is 13.8. The monoisotopic (exact) mass is 261 g/mol. The van der Waals surface area contributed by atoms with Crippen molar-refractivity contribution in [3.05, 3.63) is 35.4 Å². The number of amidine groups is 1. The Morgan fingerprint density at radius 1 is 1.32 bits per heavy atom. The van der Waals surface area contributed by atoms with E-state index in [4.69, 9.17) is 11.1 Å². The minimum absolute atomic E-state index is 0.0996. The molecule has 2 rings (SSSR count). The lowest BCUT2D eigenvalue weighted by atomic mass is 9.91. The number of hydrogen-bond acceptors (Lipinski definition) is 3. The van der Waals surface area contributed by atoms with Gasteiger partial charge in [0.05, 0.1) is 6.10 Å². The predicted molar refractivity (Wildman–Crippen MR) is 77.2 cm³/mol. The number of nitrogens with two attached hydrogens (primary N) is 1. The van der Waals surface area contributed by atoms with E-state index < -0.39 is 0 Å². The van der Waals surface area contributed by atoms with E-state index in [1.807, 2.05) is 24.3 Å². The van der Waals surface area contributed by atoms with Crippen LogP contribution in [0.5, 0.6) is 0 Å². The van der Waals surface area contributed by atoms with Gasteiger partial charge in [-0.15, -0.1) is 0 Å². The molecule has 0 amide bonds. The summed E-state index contributed by atoms with van der Waals surface area (Å²) in [6.07, 6.45) is 4.13. The second-order valence-electron chi connectivity index (χ2n) is 5.44. The van der Waals surface area contributed by atoms with E-state index in [1.54, 1.807) is 0 Å². The zero-order valence-corrected chi connectivity index (χ0v) is 11.5. The summed E-state index contributed by atoms with van der Waals surface area (Å²) in [5.74, 6) is 0.0996. The fraction of sp³-hybridized carbons (Fsp3) is 0.533. The van der Waals surface area contributed by atoms with Gasteiger partial charge in [0.15, 0.2) is 0 Å². The van der Waals surface area contributed by atoms with Crippen molar-refractivity contribution >= 4 is 5.84 Å². The van der Waals surface area contributed by atoms with Crippen LogP contribution in [0.3, 0.4) is 0 Å². The molecule has 4 N–H and O–H groups in total. The largest absolute Gasteiger partial charge is 0.391 e. The molecule has 1 aliphatic carbocycles. The Balaban J connectivity index is 1.97. The summed E-state index contributed by atoms with van der Waals surface area (Å²) in [4.78, 5) is 2.23. The molecule has 0 bridgehead atoms. The molecule has 2 unspecified atom stereocenters. The van der Waals surface area contributed by atoms with E-state index in [0.717, 1.165) is 31.4 Å². The van der Waals surface area contributed by atoms with Crippen LogP contribution in [-0.2, 0) is 6.54 Å². The molecule has 0 saturated heterocycles. The number of hydrogen-bond donors (Lipinski definition) is 3. The van der Waals surface area contributed by atoms with Crippen LogP contribution in [-0.4, -0.2) is 35.0 Å². The van der Waals surface area contributed by atoms with E-state index in [1.165, 1.54) is 12.0 Å². The molecule has 4 heteroatoms. The van der Waals surface area contributed by atoms with Crippen LogP contribution in [0, 0.1) is 5.41 Å². The fourth-order valence-electron chi connectivity index (χ4n) is 2.80. The fourth-order valence-corrected chi connectivity index (χ4v) is 2.80.